The molecule has 0 aliphatic carbocycles. The van der Waals surface area contributed by atoms with Crippen LogP contribution < -0.4 is 11.1 Å². The third kappa shape index (κ3) is 5.34. The van der Waals surface area contributed by atoms with Gasteiger partial charge in [0.2, 0.25) is 5.91 Å². The molecule has 0 heterocycles. The third-order valence-corrected chi connectivity index (χ3v) is 3.71. The van der Waals surface area contributed by atoms with Gasteiger partial charge in [-0.1, -0.05) is 6.92 Å². The van der Waals surface area contributed by atoms with E-state index in [0.29, 0.717) is 6.54 Å². The summed E-state index contributed by atoms with van der Waals surface area (Å²) in [6.07, 6.45) is 0.880. The van der Waals surface area contributed by atoms with Crippen LogP contribution in [0, 0.1) is 0 Å². The van der Waals surface area contributed by atoms with Crippen LogP contribution in [0.15, 0.2) is 0 Å². The summed E-state index contributed by atoms with van der Waals surface area (Å²) in [6.45, 7) is 6.05. The Bertz CT molecular complexity index is 209. The van der Waals surface area contributed by atoms with Gasteiger partial charge in [0.05, 0.1) is 0 Å². The van der Waals surface area contributed by atoms with E-state index in [1.54, 1.807) is 6.92 Å². The predicted octanol–water partition coefficient (Wildman–Crippen LogP) is -0.00300. The Balaban J connectivity index is 3.88. The molecule has 84 valence electrons. The molecule has 0 aromatic heterocycles. The van der Waals surface area contributed by atoms with Gasteiger partial charge in [0.15, 0.2) is 0 Å². The lowest BCUT2D eigenvalue weighted by atomic mass is 10.3. The number of carbonyl (C=O) groups is 1. The summed E-state index contributed by atoms with van der Waals surface area (Å²) in [4.78, 5) is 11.3. The molecule has 0 aliphatic heterocycles. The fraction of sp³-hybridized carbons (Fsp3) is 0.889. The highest BCUT2D eigenvalue weighted by molar-refractivity contribution is 7.86. The van der Waals surface area contributed by atoms with Gasteiger partial charge in [-0.2, -0.15) is 0 Å². The molecular weight excluding hydrogens is 200 g/mol. The Labute approximate surface area is 88.1 Å². The Kier molecular flexibility index (Phi) is 6.74. The van der Waals surface area contributed by atoms with Crippen LogP contribution >= 0.6 is 0 Å². The molecule has 4 nitrogen and oxygen atoms in total. The molecular formula is C9H20N2O2S. The fourth-order valence-corrected chi connectivity index (χ4v) is 1.64. The molecule has 0 saturated heterocycles. The van der Waals surface area contributed by atoms with Crippen LogP contribution in [0.5, 0.6) is 0 Å². The van der Waals surface area contributed by atoms with Crippen molar-refractivity contribution in [2.45, 2.75) is 38.5 Å². The van der Waals surface area contributed by atoms with Crippen molar-refractivity contribution < 1.29 is 9.00 Å². The predicted molar refractivity (Wildman–Crippen MR) is 59.4 cm³/mol. The van der Waals surface area contributed by atoms with Gasteiger partial charge in [0.1, 0.15) is 5.75 Å². The molecule has 0 radical (unpaired) electrons. The first-order valence-electron chi connectivity index (χ1n) is 4.87. The van der Waals surface area contributed by atoms with E-state index in [1.807, 2.05) is 13.8 Å². The lowest BCUT2D eigenvalue weighted by Gasteiger charge is -2.12. The van der Waals surface area contributed by atoms with Crippen molar-refractivity contribution in [2.75, 3.05) is 12.3 Å². The van der Waals surface area contributed by atoms with Gasteiger partial charge in [0, 0.05) is 28.6 Å². The molecule has 3 N–H and O–H groups in total. The van der Waals surface area contributed by atoms with Crippen LogP contribution in [0.25, 0.3) is 0 Å². The molecule has 0 rings (SSSR count). The Morgan fingerprint density at radius 1 is 1.50 bits per heavy atom. The number of hydrogen-bond donors (Lipinski definition) is 2. The lowest BCUT2D eigenvalue weighted by molar-refractivity contribution is -0.119. The first-order chi connectivity index (χ1) is 6.51. The summed E-state index contributed by atoms with van der Waals surface area (Å²) in [5.41, 5.74) is 5.35. The smallest absolute Gasteiger partial charge is 0.232 e. The van der Waals surface area contributed by atoms with E-state index in [1.165, 1.54) is 0 Å². The Morgan fingerprint density at radius 3 is 2.50 bits per heavy atom. The average molecular weight is 220 g/mol. The minimum absolute atomic E-state index is 0.0582. The van der Waals surface area contributed by atoms with Crippen LogP contribution in [0.4, 0.5) is 0 Å². The van der Waals surface area contributed by atoms with Crippen molar-refractivity contribution in [2.24, 2.45) is 5.73 Å². The van der Waals surface area contributed by atoms with E-state index in [-0.39, 0.29) is 23.0 Å². The average Bonchev–Trinajstić information content (AvgIpc) is 2.15. The minimum Gasteiger partial charge on any atom is -0.353 e. The van der Waals surface area contributed by atoms with Crippen molar-refractivity contribution in [1.29, 1.82) is 0 Å². The maximum Gasteiger partial charge on any atom is 0.232 e. The largest absolute Gasteiger partial charge is 0.353 e. The number of hydrogen-bond acceptors (Lipinski definition) is 3. The second kappa shape index (κ2) is 6.95. The van der Waals surface area contributed by atoms with Gasteiger partial charge in [-0.05, 0) is 20.3 Å². The summed E-state index contributed by atoms with van der Waals surface area (Å²) in [5, 5.41) is 2.65. The van der Waals surface area contributed by atoms with Crippen LogP contribution in [-0.2, 0) is 15.6 Å². The third-order valence-electron chi connectivity index (χ3n) is 2.07. The van der Waals surface area contributed by atoms with Gasteiger partial charge < -0.3 is 11.1 Å². The van der Waals surface area contributed by atoms with Crippen molar-refractivity contribution in [1.82, 2.24) is 5.32 Å². The van der Waals surface area contributed by atoms with E-state index in [9.17, 15) is 9.00 Å². The number of carbonyl (C=O) groups excluding carboxylic acids is 1. The highest BCUT2D eigenvalue weighted by atomic mass is 32.2. The maximum absolute atomic E-state index is 11.4. The fourth-order valence-electron chi connectivity index (χ4n) is 0.797. The molecule has 0 saturated carbocycles. The molecule has 0 aromatic rings. The zero-order valence-electron chi connectivity index (χ0n) is 9.08. The molecule has 0 fully saturated rings. The minimum atomic E-state index is -1.15. The normalized spacial score (nSPS) is 17.1. The van der Waals surface area contributed by atoms with Crippen LogP contribution in [0.3, 0.4) is 0 Å². The first-order valence-corrected chi connectivity index (χ1v) is 6.26. The molecule has 1 amide bonds. The summed E-state index contributed by atoms with van der Waals surface area (Å²) >= 11 is 0. The maximum atomic E-state index is 11.4. The first kappa shape index (κ1) is 13.6. The molecule has 0 aromatic carbocycles. The zero-order chi connectivity index (χ0) is 11.1. The van der Waals surface area contributed by atoms with Gasteiger partial charge in [-0.25, -0.2) is 0 Å². The summed E-state index contributed by atoms with van der Waals surface area (Å²) in [7, 11) is -1.15. The molecule has 5 heteroatoms. The highest BCUT2D eigenvalue weighted by Gasteiger charge is 2.14. The topological polar surface area (TPSA) is 72.2 Å². The molecule has 14 heavy (non-hydrogen) atoms. The number of nitrogens with one attached hydrogen (secondary N) is 1. The zero-order valence-corrected chi connectivity index (χ0v) is 9.89. The van der Waals surface area contributed by atoms with E-state index < -0.39 is 10.8 Å². The van der Waals surface area contributed by atoms with E-state index in [4.69, 9.17) is 5.73 Å². The van der Waals surface area contributed by atoms with Crippen LogP contribution in [0.2, 0.25) is 0 Å². The molecule has 3 unspecified atom stereocenters. The van der Waals surface area contributed by atoms with E-state index in [0.717, 1.165) is 6.42 Å². The van der Waals surface area contributed by atoms with Gasteiger partial charge in [0.25, 0.3) is 0 Å². The number of rotatable bonds is 6. The van der Waals surface area contributed by atoms with Crippen LogP contribution in [0.1, 0.15) is 27.2 Å². The van der Waals surface area contributed by atoms with Crippen LogP contribution in [-0.4, -0.2) is 33.7 Å². The number of nitrogens with two attached hydrogens (primary N) is 1. The molecule has 0 bridgehead atoms. The highest BCUT2D eigenvalue weighted by Crippen LogP contribution is 1.95. The van der Waals surface area contributed by atoms with E-state index in [2.05, 4.69) is 5.32 Å². The van der Waals surface area contributed by atoms with Gasteiger partial charge >= 0.3 is 0 Å². The summed E-state index contributed by atoms with van der Waals surface area (Å²) < 4.78 is 11.4. The second-order valence-electron chi connectivity index (χ2n) is 3.45. The molecule has 3 atom stereocenters. The second-order valence-corrected chi connectivity index (χ2v) is 5.30. The van der Waals surface area contributed by atoms with E-state index >= 15 is 0 Å². The quantitative estimate of drug-likeness (QED) is 0.661. The SMILES string of the molecule is CCC(C)NC(=O)CS(=O)C(C)CN. The lowest BCUT2D eigenvalue weighted by Crippen LogP contribution is -2.37. The van der Waals surface area contributed by atoms with Crippen molar-refractivity contribution >= 4 is 16.7 Å². The summed E-state index contributed by atoms with van der Waals surface area (Å²) in [5.74, 6) is -0.0964. The summed E-state index contributed by atoms with van der Waals surface area (Å²) in [6, 6.07) is 0.146. The van der Waals surface area contributed by atoms with Crippen molar-refractivity contribution in [3.8, 4) is 0 Å². The molecule has 0 aliphatic rings. The standard InChI is InChI=1S/C9H20N2O2S/c1-4-7(2)11-9(12)6-14(13)8(3)5-10/h7-8H,4-6,10H2,1-3H3,(H,11,12). The number of amides is 1. The Hall–Kier alpha value is -0.420. The molecule has 0 spiro atoms. The van der Waals surface area contributed by atoms with Gasteiger partial charge in [-0.3, -0.25) is 9.00 Å². The van der Waals surface area contributed by atoms with Crippen molar-refractivity contribution in [3.63, 3.8) is 0 Å². The monoisotopic (exact) mass is 220 g/mol. The Morgan fingerprint density at radius 2 is 2.07 bits per heavy atom. The van der Waals surface area contributed by atoms with Crippen molar-refractivity contribution in [3.05, 3.63) is 0 Å². The van der Waals surface area contributed by atoms with Gasteiger partial charge in [-0.15, -0.1) is 0 Å².